The van der Waals surface area contributed by atoms with Crippen molar-refractivity contribution in [3.8, 4) is 11.6 Å². The Bertz CT molecular complexity index is 528. The molecule has 5 nitrogen and oxygen atoms in total. The minimum Gasteiger partial charge on any atom is -0.437 e. The summed E-state index contributed by atoms with van der Waals surface area (Å²) in [5.41, 5.74) is 6.30. The molecule has 1 aromatic carbocycles. The van der Waals surface area contributed by atoms with Crippen molar-refractivity contribution in [2.45, 2.75) is 0 Å². The quantitative estimate of drug-likeness (QED) is 0.788. The highest BCUT2D eigenvalue weighted by atomic mass is 16.5. The molecular formula is C13H14N4O. The monoisotopic (exact) mass is 242 g/mol. The summed E-state index contributed by atoms with van der Waals surface area (Å²) in [4.78, 5) is 8.06. The highest BCUT2D eigenvalue weighted by Crippen LogP contribution is 2.28. The van der Waals surface area contributed by atoms with E-state index >= 15 is 0 Å². The van der Waals surface area contributed by atoms with Crippen molar-refractivity contribution in [2.24, 2.45) is 0 Å². The Morgan fingerprint density at radius 1 is 1.28 bits per heavy atom. The van der Waals surface area contributed by atoms with Crippen LogP contribution >= 0.6 is 0 Å². The number of anilines is 2. The summed E-state index contributed by atoms with van der Waals surface area (Å²) in [7, 11) is 0. The Morgan fingerprint density at radius 2 is 2.06 bits per heavy atom. The van der Waals surface area contributed by atoms with E-state index in [2.05, 4.69) is 21.9 Å². The molecule has 0 bridgehead atoms. The largest absolute Gasteiger partial charge is 0.437 e. The molecule has 0 aliphatic rings. The van der Waals surface area contributed by atoms with Gasteiger partial charge in [0.1, 0.15) is 17.8 Å². The third-order valence-electron chi connectivity index (χ3n) is 2.22. The fourth-order valence-corrected chi connectivity index (χ4v) is 1.37. The fraction of sp³-hybridized carbons (Fsp3) is 0.0769. The zero-order valence-electron chi connectivity index (χ0n) is 9.84. The zero-order chi connectivity index (χ0) is 12.8. The van der Waals surface area contributed by atoms with Gasteiger partial charge in [-0.2, -0.15) is 4.98 Å². The molecule has 0 atom stereocenters. The summed E-state index contributed by atoms with van der Waals surface area (Å²) in [6.07, 6.45) is 3.12. The maximum atomic E-state index is 5.93. The predicted molar refractivity (Wildman–Crippen MR) is 71.6 cm³/mol. The van der Waals surface area contributed by atoms with Crippen molar-refractivity contribution < 1.29 is 4.74 Å². The lowest BCUT2D eigenvalue weighted by Crippen LogP contribution is -2.06. The zero-order valence-corrected chi connectivity index (χ0v) is 9.84. The molecule has 1 aromatic heterocycles. The summed E-state index contributed by atoms with van der Waals surface area (Å²) < 4.78 is 5.59. The number of nitrogens with two attached hydrogens (primary N) is 1. The fourth-order valence-electron chi connectivity index (χ4n) is 1.37. The molecule has 18 heavy (non-hydrogen) atoms. The summed E-state index contributed by atoms with van der Waals surface area (Å²) in [6, 6.07) is 9.33. The van der Waals surface area contributed by atoms with E-state index in [9.17, 15) is 0 Å². The highest BCUT2D eigenvalue weighted by molar-refractivity contribution is 5.67. The third kappa shape index (κ3) is 2.76. The first-order valence-electron chi connectivity index (χ1n) is 5.49. The average Bonchev–Trinajstić information content (AvgIpc) is 2.41. The van der Waals surface area contributed by atoms with Gasteiger partial charge < -0.3 is 15.8 Å². The molecule has 0 radical (unpaired) electrons. The summed E-state index contributed by atoms with van der Waals surface area (Å²) in [5, 5.41) is 3.01. The van der Waals surface area contributed by atoms with Gasteiger partial charge in [-0.15, -0.1) is 6.58 Å². The Kier molecular flexibility index (Phi) is 3.76. The van der Waals surface area contributed by atoms with E-state index in [1.807, 2.05) is 30.3 Å². The van der Waals surface area contributed by atoms with Crippen LogP contribution in [0, 0.1) is 0 Å². The Morgan fingerprint density at radius 3 is 2.78 bits per heavy atom. The van der Waals surface area contributed by atoms with E-state index in [0.29, 0.717) is 29.7 Å². The second-order valence-corrected chi connectivity index (χ2v) is 3.53. The number of benzene rings is 1. The number of nitrogens with one attached hydrogen (secondary N) is 1. The number of rotatable bonds is 5. The van der Waals surface area contributed by atoms with Crippen LogP contribution in [0.15, 0.2) is 49.3 Å². The van der Waals surface area contributed by atoms with Crippen LogP contribution in [0.4, 0.5) is 11.5 Å². The van der Waals surface area contributed by atoms with Crippen molar-refractivity contribution in [1.82, 2.24) is 9.97 Å². The molecule has 5 heteroatoms. The van der Waals surface area contributed by atoms with Crippen molar-refractivity contribution in [1.29, 1.82) is 0 Å². The van der Waals surface area contributed by atoms with Crippen LogP contribution in [0.25, 0.3) is 0 Å². The molecule has 3 N–H and O–H groups in total. The Balaban J connectivity index is 2.20. The molecule has 0 fully saturated rings. The smallest absolute Gasteiger partial charge is 0.248 e. The molecular weight excluding hydrogens is 228 g/mol. The Labute approximate surface area is 105 Å². The van der Waals surface area contributed by atoms with E-state index in [4.69, 9.17) is 10.5 Å². The van der Waals surface area contributed by atoms with Crippen LogP contribution in [0.1, 0.15) is 0 Å². The highest BCUT2D eigenvalue weighted by Gasteiger charge is 2.09. The lowest BCUT2D eigenvalue weighted by atomic mass is 10.3. The summed E-state index contributed by atoms with van der Waals surface area (Å²) in [6.45, 7) is 4.19. The second-order valence-electron chi connectivity index (χ2n) is 3.53. The van der Waals surface area contributed by atoms with Gasteiger partial charge in [0.25, 0.3) is 0 Å². The first-order valence-corrected chi connectivity index (χ1v) is 5.49. The van der Waals surface area contributed by atoms with Crippen LogP contribution < -0.4 is 15.8 Å². The number of ether oxygens (including phenoxy) is 1. The first-order chi connectivity index (χ1) is 8.81. The van der Waals surface area contributed by atoms with Crippen molar-refractivity contribution in [3.63, 3.8) is 0 Å². The topological polar surface area (TPSA) is 73.1 Å². The molecule has 2 aromatic rings. The van der Waals surface area contributed by atoms with E-state index in [1.54, 1.807) is 6.08 Å². The standard InChI is InChI=1S/C13H14N4O/c1-2-8-15-12-11(14)13(17-9-16-12)18-10-6-4-3-5-7-10/h2-7,9H,1,8,14H2,(H,15,16,17). The van der Waals surface area contributed by atoms with Gasteiger partial charge in [-0.25, -0.2) is 4.98 Å². The molecule has 0 unspecified atom stereocenters. The number of hydrogen-bond donors (Lipinski definition) is 2. The van der Waals surface area contributed by atoms with E-state index < -0.39 is 0 Å². The summed E-state index contributed by atoms with van der Waals surface area (Å²) in [5.74, 6) is 1.55. The maximum Gasteiger partial charge on any atom is 0.248 e. The number of aromatic nitrogens is 2. The molecule has 0 aliphatic carbocycles. The minimum absolute atomic E-state index is 0.336. The van der Waals surface area contributed by atoms with Gasteiger partial charge in [0, 0.05) is 6.54 Å². The van der Waals surface area contributed by atoms with Crippen LogP contribution in [-0.2, 0) is 0 Å². The second kappa shape index (κ2) is 5.67. The molecule has 0 spiro atoms. The molecule has 2 rings (SSSR count). The van der Waals surface area contributed by atoms with Gasteiger partial charge in [0.15, 0.2) is 5.82 Å². The number of hydrogen-bond acceptors (Lipinski definition) is 5. The molecule has 1 heterocycles. The van der Waals surface area contributed by atoms with Gasteiger partial charge in [0.05, 0.1) is 0 Å². The van der Waals surface area contributed by atoms with Gasteiger partial charge in [0.2, 0.25) is 5.88 Å². The van der Waals surface area contributed by atoms with Crippen molar-refractivity contribution in [2.75, 3.05) is 17.6 Å². The van der Waals surface area contributed by atoms with Crippen LogP contribution in [0.3, 0.4) is 0 Å². The van der Waals surface area contributed by atoms with Crippen LogP contribution in [0.2, 0.25) is 0 Å². The van der Waals surface area contributed by atoms with E-state index in [0.717, 1.165) is 0 Å². The average molecular weight is 242 g/mol. The first kappa shape index (κ1) is 11.9. The number of para-hydroxylation sites is 1. The number of nitrogen functional groups attached to an aromatic ring is 1. The molecule has 0 aliphatic heterocycles. The normalized spacial score (nSPS) is 9.78. The lowest BCUT2D eigenvalue weighted by Gasteiger charge is -2.10. The molecule has 0 saturated heterocycles. The van der Waals surface area contributed by atoms with Crippen LogP contribution in [-0.4, -0.2) is 16.5 Å². The lowest BCUT2D eigenvalue weighted by molar-refractivity contribution is 0.464. The van der Waals surface area contributed by atoms with Crippen LogP contribution in [0.5, 0.6) is 11.6 Å². The molecule has 0 saturated carbocycles. The molecule has 92 valence electrons. The SMILES string of the molecule is C=CCNc1ncnc(Oc2ccccc2)c1N. The van der Waals surface area contributed by atoms with Crippen molar-refractivity contribution >= 4 is 11.5 Å². The number of nitrogens with zero attached hydrogens (tertiary/aromatic N) is 2. The van der Waals surface area contributed by atoms with Gasteiger partial charge in [-0.3, -0.25) is 0 Å². The van der Waals surface area contributed by atoms with E-state index in [-0.39, 0.29) is 0 Å². The Hall–Kier alpha value is -2.56. The summed E-state index contributed by atoms with van der Waals surface area (Å²) >= 11 is 0. The van der Waals surface area contributed by atoms with Gasteiger partial charge in [-0.1, -0.05) is 24.3 Å². The third-order valence-corrected chi connectivity index (χ3v) is 2.22. The van der Waals surface area contributed by atoms with Crippen molar-refractivity contribution in [3.05, 3.63) is 49.3 Å². The van der Waals surface area contributed by atoms with Gasteiger partial charge in [-0.05, 0) is 12.1 Å². The predicted octanol–water partition coefficient (Wildman–Crippen LogP) is 2.45. The van der Waals surface area contributed by atoms with E-state index in [1.165, 1.54) is 6.33 Å². The van der Waals surface area contributed by atoms with Gasteiger partial charge >= 0.3 is 0 Å². The maximum absolute atomic E-state index is 5.93. The minimum atomic E-state index is 0.336. The molecule has 0 amide bonds.